The van der Waals surface area contributed by atoms with Crippen molar-refractivity contribution in [2.45, 2.75) is 6.61 Å². The van der Waals surface area contributed by atoms with Crippen LogP contribution in [-0.4, -0.2) is 29.2 Å². The molecule has 3 rings (SSSR count). The topological polar surface area (TPSA) is 62.4 Å². The molecule has 98 valence electrons. The van der Waals surface area contributed by atoms with Crippen LogP contribution in [0.5, 0.6) is 0 Å². The Hall–Kier alpha value is -1.92. The lowest BCUT2D eigenvalue weighted by Gasteiger charge is -2.11. The van der Waals surface area contributed by atoms with E-state index in [4.69, 9.17) is 4.42 Å². The van der Waals surface area contributed by atoms with E-state index in [-0.39, 0.29) is 6.61 Å². The number of aliphatic hydroxyl groups is 1. The fourth-order valence-corrected chi connectivity index (χ4v) is 2.69. The molecule has 19 heavy (non-hydrogen) atoms. The lowest BCUT2D eigenvalue weighted by atomic mass is 10.2. The lowest BCUT2D eigenvalue weighted by Crippen LogP contribution is -2.13. The molecule has 5 nitrogen and oxygen atoms in total. The highest BCUT2D eigenvalue weighted by atomic mass is 32.1. The maximum atomic E-state index is 9.36. The van der Waals surface area contributed by atoms with Crippen molar-refractivity contribution >= 4 is 27.5 Å². The Morgan fingerprint density at radius 3 is 2.89 bits per heavy atom. The van der Waals surface area contributed by atoms with E-state index in [1.54, 1.807) is 23.7 Å². The number of furan rings is 1. The molecule has 0 saturated heterocycles. The molecule has 0 spiro atoms. The van der Waals surface area contributed by atoms with Crippen LogP contribution in [0.3, 0.4) is 0 Å². The van der Waals surface area contributed by atoms with Crippen molar-refractivity contribution in [1.29, 1.82) is 0 Å². The molecule has 0 aromatic carbocycles. The second-order valence-electron chi connectivity index (χ2n) is 4.33. The molecule has 3 heterocycles. The van der Waals surface area contributed by atoms with E-state index in [0.29, 0.717) is 11.7 Å². The minimum Gasteiger partial charge on any atom is -0.462 e. The summed E-state index contributed by atoms with van der Waals surface area (Å²) in [6, 6.07) is 3.71. The summed E-state index contributed by atoms with van der Waals surface area (Å²) >= 11 is 1.57. The average molecular weight is 275 g/mol. The molecule has 0 radical (unpaired) electrons. The van der Waals surface area contributed by atoms with E-state index >= 15 is 0 Å². The molecule has 0 fully saturated rings. The van der Waals surface area contributed by atoms with Gasteiger partial charge in [0.05, 0.1) is 23.1 Å². The Morgan fingerprint density at radius 2 is 2.16 bits per heavy atom. The van der Waals surface area contributed by atoms with Gasteiger partial charge in [0.25, 0.3) is 0 Å². The van der Waals surface area contributed by atoms with Crippen LogP contribution in [0.1, 0.15) is 5.56 Å². The van der Waals surface area contributed by atoms with E-state index < -0.39 is 0 Å². The van der Waals surface area contributed by atoms with Crippen LogP contribution >= 0.6 is 11.3 Å². The summed E-state index contributed by atoms with van der Waals surface area (Å²) in [4.78, 5) is 10.9. The first kappa shape index (κ1) is 12.1. The number of hydrogen-bond donors (Lipinski definition) is 1. The molecule has 0 bridgehead atoms. The largest absolute Gasteiger partial charge is 0.462 e. The minimum atomic E-state index is -0.0694. The maximum absolute atomic E-state index is 9.36. The molecule has 0 atom stereocenters. The van der Waals surface area contributed by atoms with Crippen LogP contribution in [0.25, 0.3) is 21.7 Å². The molecular weight excluding hydrogens is 262 g/mol. The Labute approximate surface area is 114 Å². The Kier molecular flexibility index (Phi) is 2.96. The smallest absolute Gasteiger partial charge is 0.226 e. The zero-order valence-corrected chi connectivity index (χ0v) is 11.4. The van der Waals surface area contributed by atoms with Gasteiger partial charge in [-0.3, -0.25) is 0 Å². The maximum Gasteiger partial charge on any atom is 0.226 e. The highest BCUT2D eigenvalue weighted by molar-refractivity contribution is 7.17. The summed E-state index contributed by atoms with van der Waals surface area (Å²) in [6.07, 6.45) is 1.57. The van der Waals surface area contributed by atoms with E-state index in [1.807, 2.05) is 30.4 Å². The van der Waals surface area contributed by atoms with Crippen LogP contribution in [-0.2, 0) is 6.61 Å². The first-order valence-corrected chi connectivity index (χ1v) is 6.69. The van der Waals surface area contributed by atoms with Gasteiger partial charge < -0.3 is 14.4 Å². The number of aromatic nitrogens is 2. The Bertz CT molecular complexity index is 718. The third-order valence-corrected chi connectivity index (χ3v) is 3.73. The molecule has 0 unspecified atom stereocenters. The van der Waals surface area contributed by atoms with E-state index in [0.717, 1.165) is 21.5 Å². The van der Waals surface area contributed by atoms with Gasteiger partial charge in [0.15, 0.2) is 5.76 Å². The lowest BCUT2D eigenvalue weighted by molar-refractivity contribution is 0.281. The quantitative estimate of drug-likeness (QED) is 0.795. The van der Waals surface area contributed by atoms with Crippen molar-refractivity contribution in [3.63, 3.8) is 0 Å². The van der Waals surface area contributed by atoms with Gasteiger partial charge >= 0.3 is 0 Å². The Morgan fingerprint density at radius 1 is 1.32 bits per heavy atom. The van der Waals surface area contributed by atoms with Crippen molar-refractivity contribution in [3.8, 4) is 11.5 Å². The van der Waals surface area contributed by atoms with Gasteiger partial charge in [-0.05, 0) is 17.5 Å². The van der Waals surface area contributed by atoms with Gasteiger partial charge in [-0.2, -0.15) is 0 Å². The van der Waals surface area contributed by atoms with Crippen LogP contribution in [0, 0.1) is 0 Å². The van der Waals surface area contributed by atoms with Gasteiger partial charge in [0.1, 0.15) is 5.69 Å². The highest BCUT2D eigenvalue weighted by Gasteiger charge is 2.17. The summed E-state index contributed by atoms with van der Waals surface area (Å²) < 4.78 is 6.46. The van der Waals surface area contributed by atoms with Gasteiger partial charge in [-0.1, -0.05) is 0 Å². The monoisotopic (exact) mass is 275 g/mol. The number of fused-ring (bicyclic) bond motifs is 1. The number of anilines is 1. The Balaban J connectivity index is 2.29. The predicted molar refractivity (Wildman–Crippen MR) is 75.4 cm³/mol. The van der Waals surface area contributed by atoms with Crippen molar-refractivity contribution < 1.29 is 9.52 Å². The average Bonchev–Trinajstić information content (AvgIpc) is 3.05. The van der Waals surface area contributed by atoms with Crippen molar-refractivity contribution in [1.82, 2.24) is 9.97 Å². The SMILES string of the molecule is CN(C)c1nc(-c2occc2CO)c2sccc2n1. The van der Waals surface area contributed by atoms with Crippen LogP contribution in [0.15, 0.2) is 28.2 Å². The molecule has 0 aliphatic carbocycles. The number of nitrogens with zero attached hydrogens (tertiary/aromatic N) is 3. The number of thiophene rings is 1. The van der Waals surface area contributed by atoms with Gasteiger partial charge in [-0.25, -0.2) is 9.97 Å². The minimum absolute atomic E-state index is 0.0694. The van der Waals surface area contributed by atoms with Gasteiger partial charge in [0.2, 0.25) is 5.95 Å². The summed E-state index contributed by atoms with van der Waals surface area (Å²) in [7, 11) is 3.79. The first-order chi connectivity index (χ1) is 9.20. The van der Waals surface area contributed by atoms with Crippen molar-refractivity contribution in [2.75, 3.05) is 19.0 Å². The molecule has 0 saturated carbocycles. The molecule has 0 aliphatic heterocycles. The number of hydrogen-bond acceptors (Lipinski definition) is 6. The molecule has 6 heteroatoms. The molecule has 3 aromatic heterocycles. The summed E-state index contributed by atoms with van der Waals surface area (Å²) in [6.45, 7) is -0.0694. The van der Waals surface area contributed by atoms with E-state index in [9.17, 15) is 5.11 Å². The van der Waals surface area contributed by atoms with Crippen LogP contribution in [0.2, 0.25) is 0 Å². The summed E-state index contributed by atoms with van der Waals surface area (Å²) in [5.74, 6) is 1.24. The zero-order valence-electron chi connectivity index (χ0n) is 10.6. The number of aliphatic hydroxyl groups excluding tert-OH is 1. The zero-order chi connectivity index (χ0) is 13.4. The first-order valence-electron chi connectivity index (χ1n) is 5.81. The fraction of sp³-hybridized carbons (Fsp3) is 0.231. The predicted octanol–water partition coefficient (Wildman–Crippen LogP) is 2.51. The van der Waals surface area contributed by atoms with Crippen molar-refractivity contribution in [3.05, 3.63) is 29.3 Å². The molecule has 0 amide bonds. The van der Waals surface area contributed by atoms with Crippen molar-refractivity contribution in [2.24, 2.45) is 0 Å². The van der Waals surface area contributed by atoms with E-state index in [1.165, 1.54) is 0 Å². The molecule has 0 aliphatic rings. The molecule has 3 aromatic rings. The summed E-state index contributed by atoms with van der Waals surface area (Å²) in [5.41, 5.74) is 2.36. The van der Waals surface area contributed by atoms with Gasteiger partial charge in [0, 0.05) is 19.7 Å². The fourth-order valence-electron chi connectivity index (χ4n) is 1.87. The normalized spacial score (nSPS) is 11.1. The van der Waals surface area contributed by atoms with E-state index in [2.05, 4.69) is 9.97 Å². The van der Waals surface area contributed by atoms with Crippen LogP contribution in [0.4, 0.5) is 5.95 Å². The standard InChI is InChI=1S/C13H13N3O2S/c1-16(2)13-14-9-4-6-19-12(9)10(15-13)11-8(7-17)3-5-18-11/h3-6,17H,7H2,1-2H3. The number of rotatable bonds is 3. The molecule has 1 N–H and O–H groups in total. The second-order valence-corrected chi connectivity index (χ2v) is 5.25. The van der Waals surface area contributed by atoms with Gasteiger partial charge in [-0.15, -0.1) is 11.3 Å². The second kappa shape index (κ2) is 4.64. The summed E-state index contributed by atoms with van der Waals surface area (Å²) in [5, 5.41) is 11.3. The third kappa shape index (κ3) is 1.98. The molecular formula is C13H13N3O2S. The van der Waals surface area contributed by atoms with Crippen LogP contribution < -0.4 is 4.90 Å². The third-order valence-electron chi connectivity index (χ3n) is 2.82. The highest BCUT2D eigenvalue weighted by Crippen LogP contribution is 2.33.